The van der Waals surface area contributed by atoms with Gasteiger partial charge in [0.05, 0.1) is 17.8 Å². The fourth-order valence-electron chi connectivity index (χ4n) is 8.29. The van der Waals surface area contributed by atoms with Crippen molar-refractivity contribution in [1.29, 1.82) is 0 Å². The van der Waals surface area contributed by atoms with Crippen LogP contribution in [0.15, 0.2) is 11.1 Å². The third-order valence-corrected chi connectivity index (χ3v) is 10.1. The van der Waals surface area contributed by atoms with E-state index in [1.165, 1.54) is 5.57 Å². The second-order valence-electron chi connectivity index (χ2n) is 10.8. The first-order valence-corrected chi connectivity index (χ1v) is 10.5. The van der Waals surface area contributed by atoms with Gasteiger partial charge in [0, 0.05) is 16.4 Å². The topological polar surface area (TPSA) is 55.8 Å². The third-order valence-electron chi connectivity index (χ3n) is 10.1. The Morgan fingerprint density at radius 2 is 2.00 bits per heavy atom. The van der Waals surface area contributed by atoms with Gasteiger partial charge in [-0.1, -0.05) is 20.8 Å². The van der Waals surface area contributed by atoms with E-state index < -0.39 is 5.60 Å². The molecule has 0 aromatic rings. The second-order valence-corrected chi connectivity index (χ2v) is 10.8. The first kappa shape index (κ1) is 16.1. The van der Waals surface area contributed by atoms with Crippen LogP contribution in [0.3, 0.4) is 0 Å². The quantitative estimate of drug-likeness (QED) is 0.731. The van der Waals surface area contributed by atoms with E-state index in [2.05, 4.69) is 27.7 Å². The Bertz CT molecular complexity index is 770. The molecule has 2 heterocycles. The highest BCUT2D eigenvalue weighted by Crippen LogP contribution is 2.90. The van der Waals surface area contributed by atoms with Crippen molar-refractivity contribution in [1.82, 2.24) is 0 Å². The number of fused-ring (bicyclic) bond motifs is 2. The number of hydrogen-bond donors (Lipinski definition) is 1. The number of aliphatic hydroxyl groups excluding tert-OH is 1. The van der Waals surface area contributed by atoms with Crippen LogP contribution in [0.4, 0.5) is 0 Å². The van der Waals surface area contributed by atoms with Gasteiger partial charge in [-0.2, -0.15) is 0 Å². The van der Waals surface area contributed by atoms with Crippen LogP contribution < -0.4 is 0 Å². The Morgan fingerprint density at radius 3 is 2.73 bits per heavy atom. The summed E-state index contributed by atoms with van der Waals surface area (Å²) in [4.78, 5) is 12.1. The van der Waals surface area contributed by atoms with E-state index in [0.717, 1.165) is 37.7 Å². The Balaban J connectivity index is 1.48. The first-order chi connectivity index (χ1) is 12.2. The molecule has 26 heavy (non-hydrogen) atoms. The number of esters is 1. The van der Waals surface area contributed by atoms with Crippen LogP contribution in [0.1, 0.15) is 59.8 Å². The molecule has 4 heteroatoms. The first-order valence-electron chi connectivity index (χ1n) is 10.5. The lowest BCUT2D eigenvalue weighted by molar-refractivity contribution is -0.255. The van der Waals surface area contributed by atoms with Gasteiger partial charge in [-0.15, -0.1) is 0 Å². The summed E-state index contributed by atoms with van der Waals surface area (Å²) in [6.45, 7) is 9.43. The summed E-state index contributed by atoms with van der Waals surface area (Å²) >= 11 is 0. The van der Waals surface area contributed by atoms with Crippen LogP contribution in [0, 0.1) is 34.0 Å². The molecule has 142 valence electrons. The predicted molar refractivity (Wildman–Crippen MR) is 95.1 cm³/mol. The lowest BCUT2D eigenvalue weighted by Crippen LogP contribution is -2.64. The van der Waals surface area contributed by atoms with Gasteiger partial charge in [-0.25, -0.2) is 4.79 Å². The minimum atomic E-state index is -0.436. The molecule has 0 unspecified atom stereocenters. The molecule has 1 saturated heterocycles. The molecule has 6 rings (SSSR count). The van der Waals surface area contributed by atoms with Crippen molar-refractivity contribution in [2.24, 2.45) is 34.0 Å². The van der Waals surface area contributed by atoms with Crippen molar-refractivity contribution >= 4 is 5.97 Å². The summed E-state index contributed by atoms with van der Waals surface area (Å²) in [7, 11) is 0. The Hall–Kier alpha value is -0.870. The number of cyclic esters (lactones) is 1. The highest BCUT2D eigenvalue weighted by Gasteiger charge is 2.90. The Labute approximate surface area is 155 Å². The van der Waals surface area contributed by atoms with E-state index in [1.54, 1.807) is 0 Å². The molecule has 0 aromatic heterocycles. The predicted octanol–water partition coefficient (Wildman–Crippen LogP) is 3.23. The lowest BCUT2D eigenvalue weighted by Gasteiger charge is -2.61. The van der Waals surface area contributed by atoms with Gasteiger partial charge >= 0.3 is 5.97 Å². The average molecular weight is 358 g/mol. The number of carbonyl (C=O) groups is 1. The second kappa shape index (κ2) is 4.25. The van der Waals surface area contributed by atoms with Crippen molar-refractivity contribution in [2.45, 2.75) is 77.6 Å². The molecule has 1 N–H and O–H groups in total. The molecule has 8 atom stereocenters. The van der Waals surface area contributed by atoms with E-state index in [9.17, 15) is 9.90 Å². The molecule has 6 aliphatic rings. The van der Waals surface area contributed by atoms with Gasteiger partial charge in [0.25, 0.3) is 0 Å². The summed E-state index contributed by atoms with van der Waals surface area (Å²) in [5.74, 6) is 1.23. The molecule has 3 saturated carbocycles. The smallest absolute Gasteiger partial charge is 0.334 e. The standard InChI is InChI=1S/C22H30O4/c1-11(2)20(4)18(24)21-8-12(21)7-15-14-10-25-17(23)13(14)5-6-19(15,3)22(21)9-16(22)26-20/h11-12,15-16,18,24H,5-10H2,1-4H3/t12-,15+,16-,18-,19+,20-,21+,22+/m1/s1. The fraction of sp³-hybridized carbons (Fsp3) is 0.864. The van der Waals surface area contributed by atoms with Crippen molar-refractivity contribution < 1.29 is 19.4 Å². The largest absolute Gasteiger partial charge is 0.458 e. The van der Waals surface area contributed by atoms with E-state index in [4.69, 9.17) is 9.47 Å². The molecule has 0 amide bonds. The molecule has 4 fully saturated rings. The van der Waals surface area contributed by atoms with E-state index in [1.807, 2.05) is 0 Å². The summed E-state index contributed by atoms with van der Waals surface area (Å²) in [5.41, 5.74) is 2.09. The summed E-state index contributed by atoms with van der Waals surface area (Å²) < 4.78 is 12.1. The number of hydrogen-bond acceptors (Lipinski definition) is 4. The van der Waals surface area contributed by atoms with Gasteiger partial charge in [0.15, 0.2) is 0 Å². The van der Waals surface area contributed by atoms with Crippen LogP contribution in [-0.4, -0.2) is 35.5 Å². The van der Waals surface area contributed by atoms with Crippen LogP contribution in [0.2, 0.25) is 0 Å². The summed E-state index contributed by atoms with van der Waals surface area (Å²) in [6, 6.07) is 0. The SMILES string of the molecule is CC(C)[C@@]1(C)O[C@@H]2C[C@]23[C@]2(C[C@H]2C[C@H]2C4=C(CC[C@@]23C)C(=O)OC4)[C@@H]1O. The molecule has 0 radical (unpaired) electrons. The van der Waals surface area contributed by atoms with Crippen molar-refractivity contribution in [3.63, 3.8) is 0 Å². The van der Waals surface area contributed by atoms with Gasteiger partial charge < -0.3 is 14.6 Å². The minimum absolute atomic E-state index is 0.0434. The molecule has 0 bridgehead atoms. The number of carbonyl (C=O) groups excluding carboxylic acids is 1. The minimum Gasteiger partial charge on any atom is -0.458 e. The fourth-order valence-corrected chi connectivity index (χ4v) is 8.29. The Morgan fingerprint density at radius 1 is 1.23 bits per heavy atom. The summed E-state index contributed by atoms with van der Waals surface area (Å²) in [6.07, 6.45) is 5.11. The molecule has 4 aliphatic carbocycles. The van der Waals surface area contributed by atoms with E-state index in [-0.39, 0.29) is 34.4 Å². The maximum absolute atomic E-state index is 12.1. The zero-order chi connectivity index (χ0) is 18.3. The van der Waals surface area contributed by atoms with Gasteiger partial charge in [0.1, 0.15) is 6.61 Å². The van der Waals surface area contributed by atoms with Crippen LogP contribution in [0.25, 0.3) is 0 Å². The summed E-state index contributed by atoms with van der Waals surface area (Å²) in [5, 5.41) is 11.6. The molecule has 2 aliphatic heterocycles. The van der Waals surface area contributed by atoms with Crippen LogP contribution in [0.5, 0.6) is 0 Å². The third kappa shape index (κ3) is 1.36. The maximum atomic E-state index is 12.1. The average Bonchev–Trinajstić information content (AvgIpc) is 3.46. The molecular formula is C22H30O4. The van der Waals surface area contributed by atoms with E-state index >= 15 is 0 Å². The zero-order valence-corrected chi connectivity index (χ0v) is 16.3. The monoisotopic (exact) mass is 358 g/mol. The number of aliphatic hydroxyl groups is 1. The van der Waals surface area contributed by atoms with Crippen LogP contribution in [-0.2, 0) is 14.3 Å². The van der Waals surface area contributed by atoms with Gasteiger partial charge in [-0.3, -0.25) is 0 Å². The molecule has 4 nitrogen and oxygen atoms in total. The van der Waals surface area contributed by atoms with Crippen molar-refractivity contribution in [3.05, 3.63) is 11.1 Å². The van der Waals surface area contributed by atoms with Crippen molar-refractivity contribution in [3.8, 4) is 0 Å². The van der Waals surface area contributed by atoms with E-state index in [0.29, 0.717) is 24.4 Å². The van der Waals surface area contributed by atoms with Crippen LogP contribution >= 0.6 is 0 Å². The highest BCUT2D eigenvalue weighted by atomic mass is 16.5. The lowest BCUT2D eigenvalue weighted by atomic mass is 9.46. The van der Waals surface area contributed by atoms with Crippen molar-refractivity contribution in [2.75, 3.05) is 6.61 Å². The Kier molecular flexibility index (Phi) is 2.63. The zero-order valence-electron chi connectivity index (χ0n) is 16.3. The normalized spacial score (nSPS) is 59.1. The number of ether oxygens (including phenoxy) is 2. The van der Waals surface area contributed by atoms with Gasteiger partial charge in [-0.05, 0) is 67.8 Å². The maximum Gasteiger partial charge on any atom is 0.334 e. The van der Waals surface area contributed by atoms with Gasteiger partial charge in [0.2, 0.25) is 0 Å². The molecule has 0 aromatic carbocycles. The molecule has 2 spiro atoms. The number of rotatable bonds is 1. The highest BCUT2D eigenvalue weighted by molar-refractivity contribution is 5.92. The molecular weight excluding hydrogens is 328 g/mol.